The van der Waals surface area contributed by atoms with Crippen LogP contribution in [0.1, 0.15) is 17.5 Å². The normalized spacial score (nSPS) is 10.8. The van der Waals surface area contributed by atoms with Crippen molar-refractivity contribution in [1.82, 2.24) is 25.5 Å². The molecule has 0 aliphatic heterocycles. The van der Waals surface area contributed by atoms with Gasteiger partial charge in [-0.05, 0) is 70.1 Å². The maximum absolute atomic E-state index is 6.24. The van der Waals surface area contributed by atoms with Gasteiger partial charge in [-0.1, -0.05) is 84.0 Å². The second-order valence-corrected chi connectivity index (χ2v) is 9.76. The van der Waals surface area contributed by atoms with E-state index in [1.807, 2.05) is 54.6 Å². The quantitative estimate of drug-likeness (QED) is 0.145. The minimum Gasteiger partial charge on any atom is -0.489 e. The minimum atomic E-state index is 0. The molecule has 0 unspecified atom stereocenters. The third-order valence-corrected chi connectivity index (χ3v) is 7.04. The number of halogens is 2. The molecular formula is C28H27Cl2N5OS. The van der Waals surface area contributed by atoms with Crippen LogP contribution in [0.5, 0.6) is 5.75 Å². The van der Waals surface area contributed by atoms with Crippen molar-refractivity contribution >= 4 is 46.5 Å². The summed E-state index contributed by atoms with van der Waals surface area (Å²) >= 11 is 7.68. The number of fused-ring (bicyclic) bond motifs is 1. The van der Waals surface area contributed by atoms with Crippen LogP contribution >= 0.6 is 35.8 Å². The van der Waals surface area contributed by atoms with Gasteiger partial charge in [-0.3, -0.25) is 0 Å². The molecule has 0 bridgehead atoms. The smallest absolute Gasteiger partial charge is 0.214 e. The Balaban J connectivity index is 0.00000320. The van der Waals surface area contributed by atoms with E-state index in [0.29, 0.717) is 6.61 Å². The summed E-state index contributed by atoms with van der Waals surface area (Å²) in [6, 6.07) is 30.3. The molecule has 1 aromatic heterocycles. The van der Waals surface area contributed by atoms with Crippen molar-refractivity contribution < 1.29 is 4.74 Å². The fraction of sp³-hybridized carbons (Fsp3) is 0.179. The lowest BCUT2D eigenvalue weighted by Crippen LogP contribution is -2.16. The second-order valence-electron chi connectivity index (χ2n) is 8.27. The topological polar surface area (TPSA) is 64.9 Å². The molecule has 0 spiro atoms. The number of para-hydroxylation sites is 1. The van der Waals surface area contributed by atoms with Crippen molar-refractivity contribution in [2.24, 2.45) is 0 Å². The van der Waals surface area contributed by atoms with Gasteiger partial charge >= 0.3 is 0 Å². The Morgan fingerprint density at radius 3 is 2.51 bits per heavy atom. The first-order valence-electron chi connectivity index (χ1n) is 11.8. The molecule has 0 radical (unpaired) electrons. The van der Waals surface area contributed by atoms with Crippen LogP contribution < -0.4 is 10.1 Å². The van der Waals surface area contributed by atoms with E-state index in [9.17, 15) is 0 Å². The van der Waals surface area contributed by atoms with Crippen LogP contribution in [0.25, 0.3) is 16.5 Å². The molecule has 0 fully saturated rings. The third kappa shape index (κ3) is 7.02. The average Bonchev–Trinajstić information content (AvgIpc) is 3.40. The number of rotatable bonds is 11. The van der Waals surface area contributed by atoms with E-state index in [4.69, 9.17) is 16.3 Å². The molecular weight excluding hydrogens is 525 g/mol. The summed E-state index contributed by atoms with van der Waals surface area (Å²) in [4.78, 5) is 0. The summed E-state index contributed by atoms with van der Waals surface area (Å²) in [5, 5.41) is 19.7. The highest BCUT2D eigenvalue weighted by molar-refractivity contribution is 7.99. The zero-order valence-electron chi connectivity index (χ0n) is 20.1. The van der Waals surface area contributed by atoms with Gasteiger partial charge in [-0.25, -0.2) is 0 Å². The molecule has 9 heteroatoms. The Morgan fingerprint density at radius 2 is 1.68 bits per heavy atom. The Labute approximate surface area is 231 Å². The molecule has 190 valence electrons. The number of nitrogens with zero attached hydrogens (tertiary/aromatic N) is 4. The van der Waals surface area contributed by atoms with Crippen LogP contribution in [0.3, 0.4) is 0 Å². The van der Waals surface area contributed by atoms with Gasteiger partial charge in [0.05, 0.1) is 5.69 Å². The molecule has 0 aliphatic rings. The lowest BCUT2D eigenvalue weighted by molar-refractivity contribution is 0.303. The first kappa shape index (κ1) is 26.9. The van der Waals surface area contributed by atoms with Crippen molar-refractivity contribution in [1.29, 1.82) is 0 Å². The van der Waals surface area contributed by atoms with Gasteiger partial charge in [-0.15, -0.1) is 17.5 Å². The number of hydrogen-bond donors (Lipinski definition) is 1. The molecule has 5 aromatic rings. The van der Waals surface area contributed by atoms with Crippen LogP contribution in [0, 0.1) is 0 Å². The standard InChI is InChI=1S/C28H26ClN5OS.ClH/c29-23-14-11-21(12-15-23)20-35-27-16-13-22-7-4-5-10-25(22)26(27)19-30-17-6-18-36-28-31-32-33-34(28)24-8-2-1-3-9-24;/h1-5,7-16,30H,6,17-20H2;1H. The Kier molecular flexibility index (Phi) is 9.79. The Bertz CT molecular complexity index is 1410. The third-order valence-electron chi connectivity index (χ3n) is 5.78. The largest absolute Gasteiger partial charge is 0.489 e. The molecule has 0 amide bonds. The summed E-state index contributed by atoms with van der Waals surface area (Å²) in [5.74, 6) is 1.81. The van der Waals surface area contributed by atoms with Gasteiger partial charge in [0, 0.05) is 22.9 Å². The molecule has 4 aromatic carbocycles. The van der Waals surface area contributed by atoms with Gasteiger partial charge in [0.25, 0.3) is 0 Å². The SMILES string of the molecule is Cl.Clc1ccc(COc2ccc3ccccc3c2CNCCCSc2nnnn2-c2ccccc2)cc1. The maximum Gasteiger partial charge on any atom is 0.214 e. The highest BCUT2D eigenvalue weighted by Gasteiger charge is 2.11. The highest BCUT2D eigenvalue weighted by atomic mass is 35.5. The predicted octanol–water partition coefficient (Wildman–Crippen LogP) is 6.74. The number of hydrogen-bond acceptors (Lipinski definition) is 6. The van der Waals surface area contributed by atoms with Crippen LogP contribution in [-0.4, -0.2) is 32.5 Å². The highest BCUT2D eigenvalue weighted by Crippen LogP contribution is 2.29. The first-order chi connectivity index (χ1) is 17.8. The van der Waals surface area contributed by atoms with E-state index in [0.717, 1.165) is 52.4 Å². The summed E-state index contributed by atoms with van der Waals surface area (Å²) in [6.07, 6.45) is 0.984. The second kappa shape index (κ2) is 13.4. The summed E-state index contributed by atoms with van der Waals surface area (Å²) in [7, 11) is 0. The zero-order chi connectivity index (χ0) is 24.6. The Hall–Kier alpha value is -3.10. The van der Waals surface area contributed by atoms with Crippen molar-refractivity contribution in [3.05, 3.63) is 107 Å². The maximum atomic E-state index is 6.24. The molecule has 6 nitrogen and oxygen atoms in total. The molecule has 37 heavy (non-hydrogen) atoms. The number of nitrogens with one attached hydrogen (secondary N) is 1. The lowest BCUT2D eigenvalue weighted by atomic mass is 10.0. The van der Waals surface area contributed by atoms with Crippen LogP contribution in [0.15, 0.2) is 96.2 Å². The number of aromatic nitrogens is 4. The van der Waals surface area contributed by atoms with E-state index in [1.165, 1.54) is 16.3 Å². The van der Waals surface area contributed by atoms with Gasteiger partial charge in [0.2, 0.25) is 5.16 Å². The molecule has 0 atom stereocenters. The fourth-order valence-electron chi connectivity index (χ4n) is 3.95. The van der Waals surface area contributed by atoms with E-state index < -0.39 is 0 Å². The summed E-state index contributed by atoms with van der Waals surface area (Å²) in [5.41, 5.74) is 3.22. The number of tetrazole rings is 1. The molecule has 0 saturated carbocycles. The Morgan fingerprint density at radius 1 is 0.892 bits per heavy atom. The van der Waals surface area contributed by atoms with E-state index in [-0.39, 0.29) is 12.4 Å². The van der Waals surface area contributed by atoms with Crippen molar-refractivity contribution in [3.63, 3.8) is 0 Å². The number of thioether (sulfide) groups is 1. The lowest BCUT2D eigenvalue weighted by Gasteiger charge is -2.15. The van der Waals surface area contributed by atoms with E-state index in [2.05, 4.69) is 57.2 Å². The van der Waals surface area contributed by atoms with E-state index in [1.54, 1.807) is 16.4 Å². The fourth-order valence-corrected chi connectivity index (χ4v) is 4.91. The van der Waals surface area contributed by atoms with Gasteiger partial charge in [0.1, 0.15) is 12.4 Å². The van der Waals surface area contributed by atoms with Gasteiger partial charge < -0.3 is 10.1 Å². The van der Waals surface area contributed by atoms with Gasteiger partial charge in [-0.2, -0.15) is 4.68 Å². The zero-order valence-corrected chi connectivity index (χ0v) is 22.5. The first-order valence-corrected chi connectivity index (χ1v) is 13.2. The van der Waals surface area contributed by atoms with Crippen LogP contribution in [0.2, 0.25) is 5.02 Å². The molecule has 1 heterocycles. The van der Waals surface area contributed by atoms with Crippen molar-refractivity contribution in [3.8, 4) is 11.4 Å². The molecule has 1 N–H and O–H groups in total. The van der Waals surface area contributed by atoms with Crippen molar-refractivity contribution in [2.75, 3.05) is 12.3 Å². The number of ether oxygens (including phenoxy) is 1. The van der Waals surface area contributed by atoms with Crippen molar-refractivity contribution in [2.45, 2.75) is 24.7 Å². The number of benzene rings is 4. The van der Waals surface area contributed by atoms with E-state index >= 15 is 0 Å². The van der Waals surface area contributed by atoms with Crippen LogP contribution in [-0.2, 0) is 13.2 Å². The summed E-state index contributed by atoms with van der Waals surface area (Å²) < 4.78 is 8.02. The monoisotopic (exact) mass is 551 g/mol. The molecule has 0 aliphatic carbocycles. The predicted molar refractivity (Wildman–Crippen MR) is 153 cm³/mol. The van der Waals surface area contributed by atoms with Gasteiger partial charge in [0.15, 0.2) is 0 Å². The minimum absolute atomic E-state index is 0. The molecule has 0 saturated heterocycles. The molecule has 5 rings (SSSR count). The summed E-state index contributed by atoms with van der Waals surface area (Å²) in [6.45, 7) is 2.10. The van der Waals surface area contributed by atoms with Crippen LogP contribution in [0.4, 0.5) is 0 Å². The average molecular weight is 553 g/mol.